The predicted molar refractivity (Wildman–Crippen MR) is 101 cm³/mol. The van der Waals surface area contributed by atoms with Gasteiger partial charge in [-0.15, -0.1) is 0 Å². The second kappa shape index (κ2) is 8.21. The molecule has 0 bridgehead atoms. The number of halogens is 1. The first-order valence-electron chi connectivity index (χ1n) is 8.27. The fourth-order valence-electron chi connectivity index (χ4n) is 3.13. The van der Waals surface area contributed by atoms with Crippen molar-refractivity contribution in [3.8, 4) is 11.5 Å². The Morgan fingerprint density at radius 3 is 2.92 bits per heavy atom. The minimum atomic E-state index is 0.498. The lowest BCUT2D eigenvalue weighted by molar-refractivity contribution is 0.171. The van der Waals surface area contributed by atoms with Gasteiger partial charge in [0.2, 0.25) is 0 Å². The van der Waals surface area contributed by atoms with Crippen molar-refractivity contribution in [2.45, 2.75) is 37.1 Å². The second-order valence-corrected chi connectivity index (χ2v) is 7.58. The summed E-state index contributed by atoms with van der Waals surface area (Å²) in [5, 5.41) is 8.22. The first-order valence-corrected chi connectivity index (χ1v) is 9.94. The number of guanidine groups is 1. The highest BCUT2D eigenvalue weighted by Gasteiger charge is 2.24. The number of hydrogen-bond donors (Lipinski definition) is 2. The van der Waals surface area contributed by atoms with E-state index >= 15 is 0 Å². The van der Waals surface area contributed by atoms with E-state index in [0.717, 1.165) is 16.8 Å². The van der Waals surface area contributed by atoms with Crippen LogP contribution in [-0.4, -0.2) is 43.8 Å². The number of thioether (sulfide) groups is 1. The van der Waals surface area contributed by atoms with Crippen molar-refractivity contribution in [3.05, 3.63) is 22.7 Å². The molecule has 0 aromatic heterocycles. The van der Waals surface area contributed by atoms with Crippen molar-refractivity contribution in [1.82, 2.24) is 10.6 Å². The third kappa shape index (κ3) is 4.22. The molecule has 1 aliphatic carbocycles. The van der Waals surface area contributed by atoms with E-state index in [1.165, 1.54) is 19.3 Å². The van der Waals surface area contributed by atoms with Crippen LogP contribution in [0.25, 0.3) is 0 Å². The quantitative estimate of drug-likeness (QED) is 0.631. The lowest BCUT2D eigenvalue weighted by Gasteiger charge is -2.21. The van der Waals surface area contributed by atoms with E-state index in [0.29, 0.717) is 42.3 Å². The third-order valence-corrected chi connectivity index (χ3v) is 5.77. The van der Waals surface area contributed by atoms with E-state index in [2.05, 4.69) is 21.9 Å². The maximum Gasteiger partial charge on any atom is 0.191 e. The molecule has 1 aliphatic heterocycles. The van der Waals surface area contributed by atoms with Gasteiger partial charge in [-0.25, -0.2) is 0 Å². The van der Waals surface area contributed by atoms with Gasteiger partial charge in [0.05, 0.1) is 5.02 Å². The van der Waals surface area contributed by atoms with Gasteiger partial charge in [-0.3, -0.25) is 4.99 Å². The first kappa shape index (κ1) is 17.5. The minimum Gasteiger partial charge on any atom is -0.486 e. The Kier molecular flexibility index (Phi) is 6.00. The summed E-state index contributed by atoms with van der Waals surface area (Å²) in [5.74, 6) is 2.18. The van der Waals surface area contributed by atoms with E-state index in [9.17, 15) is 0 Å². The Bertz CT molecular complexity index is 612. The summed E-state index contributed by atoms with van der Waals surface area (Å²) < 4.78 is 11.2. The van der Waals surface area contributed by atoms with Crippen LogP contribution in [0.5, 0.6) is 11.5 Å². The zero-order valence-electron chi connectivity index (χ0n) is 14.1. The number of rotatable bonds is 4. The Hall–Kier alpha value is -1.27. The van der Waals surface area contributed by atoms with Crippen LogP contribution in [0.4, 0.5) is 0 Å². The van der Waals surface area contributed by atoms with Gasteiger partial charge in [-0.1, -0.05) is 11.6 Å². The SMILES string of the molecule is CN=C(NCc1cc(Cl)c2c(c1)OCCO2)NC1CCC(SC)C1. The maximum absolute atomic E-state index is 6.29. The fraction of sp³-hybridized carbons (Fsp3) is 0.588. The van der Waals surface area contributed by atoms with Crippen LogP contribution in [0.15, 0.2) is 17.1 Å². The van der Waals surface area contributed by atoms with Crippen LogP contribution in [-0.2, 0) is 6.54 Å². The number of nitrogens with one attached hydrogen (secondary N) is 2. The molecule has 0 saturated heterocycles. The molecule has 132 valence electrons. The Labute approximate surface area is 152 Å². The lowest BCUT2D eigenvalue weighted by atomic mass is 10.2. The summed E-state index contributed by atoms with van der Waals surface area (Å²) in [5.41, 5.74) is 1.04. The van der Waals surface area contributed by atoms with E-state index in [-0.39, 0.29) is 0 Å². The monoisotopic (exact) mass is 369 g/mol. The molecule has 24 heavy (non-hydrogen) atoms. The summed E-state index contributed by atoms with van der Waals surface area (Å²) in [6.45, 7) is 1.73. The summed E-state index contributed by atoms with van der Waals surface area (Å²) in [4.78, 5) is 4.33. The lowest BCUT2D eigenvalue weighted by Crippen LogP contribution is -2.42. The van der Waals surface area contributed by atoms with Crippen LogP contribution < -0.4 is 20.1 Å². The van der Waals surface area contributed by atoms with Gasteiger partial charge < -0.3 is 20.1 Å². The Morgan fingerprint density at radius 2 is 2.17 bits per heavy atom. The zero-order valence-corrected chi connectivity index (χ0v) is 15.7. The molecular formula is C17H24ClN3O2S. The third-order valence-electron chi connectivity index (χ3n) is 4.40. The summed E-state index contributed by atoms with van der Waals surface area (Å²) in [6, 6.07) is 4.38. The molecular weight excluding hydrogens is 346 g/mol. The zero-order chi connectivity index (χ0) is 16.9. The largest absolute Gasteiger partial charge is 0.486 e. The average Bonchev–Trinajstić information content (AvgIpc) is 3.06. The molecule has 1 heterocycles. The molecule has 2 aliphatic rings. The Morgan fingerprint density at radius 1 is 1.33 bits per heavy atom. The highest BCUT2D eigenvalue weighted by atomic mass is 35.5. The van der Waals surface area contributed by atoms with Crippen molar-refractivity contribution < 1.29 is 9.47 Å². The van der Waals surface area contributed by atoms with Gasteiger partial charge >= 0.3 is 0 Å². The minimum absolute atomic E-state index is 0.498. The molecule has 1 aromatic rings. The highest BCUT2D eigenvalue weighted by Crippen LogP contribution is 2.38. The van der Waals surface area contributed by atoms with Crippen molar-refractivity contribution in [1.29, 1.82) is 0 Å². The standard InChI is InChI=1S/C17H24ClN3O2S/c1-19-17(21-12-3-4-13(9-12)24-2)20-10-11-7-14(18)16-15(8-11)22-5-6-23-16/h7-8,12-13H,3-6,9-10H2,1-2H3,(H2,19,20,21). The van der Waals surface area contributed by atoms with Crippen molar-refractivity contribution >= 4 is 29.3 Å². The number of hydrogen-bond acceptors (Lipinski definition) is 4. The molecule has 1 saturated carbocycles. The summed E-state index contributed by atoms with van der Waals surface area (Å²) in [6.07, 6.45) is 5.85. The number of aliphatic imine (C=N–C) groups is 1. The number of nitrogens with zero attached hydrogens (tertiary/aromatic N) is 1. The molecule has 0 spiro atoms. The van der Waals surface area contributed by atoms with Crippen LogP contribution in [0.2, 0.25) is 5.02 Å². The highest BCUT2D eigenvalue weighted by molar-refractivity contribution is 7.99. The van der Waals surface area contributed by atoms with E-state index in [1.54, 1.807) is 7.05 Å². The first-order chi connectivity index (χ1) is 11.7. The van der Waals surface area contributed by atoms with Gasteiger partial charge in [-0.2, -0.15) is 11.8 Å². The molecule has 2 N–H and O–H groups in total. The second-order valence-electron chi connectivity index (χ2n) is 6.04. The molecule has 7 heteroatoms. The van der Waals surface area contributed by atoms with Gasteiger partial charge in [0.25, 0.3) is 0 Å². The molecule has 2 atom stereocenters. The Balaban J connectivity index is 1.57. The van der Waals surface area contributed by atoms with Crippen LogP contribution in [0, 0.1) is 0 Å². The molecule has 5 nitrogen and oxygen atoms in total. The van der Waals surface area contributed by atoms with Crippen LogP contribution in [0.3, 0.4) is 0 Å². The molecule has 3 rings (SSSR count). The predicted octanol–water partition coefficient (Wildman–Crippen LogP) is 3.06. The van der Waals surface area contributed by atoms with Crippen molar-refractivity contribution in [2.24, 2.45) is 4.99 Å². The van der Waals surface area contributed by atoms with Crippen LogP contribution >= 0.6 is 23.4 Å². The number of benzene rings is 1. The van der Waals surface area contributed by atoms with Crippen molar-refractivity contribution in [3.63, 3.8) is 0 Å². The molecule has 1 fully saturated rings. The maximum atomic E-state index is 6.29. The topological polar surface area (TPSA) is 54.9 Å². The van der Waals surface area contributed by atoms with E-state index in [1.807, 2.05) is 23.9 Å². The van der Waals surface area contributed by atoms with E-state index in [4.69, 9.17) is 21.1 Å². The summed E-state index contributed by atoms with van der Waals surface area (Å²) >= 11 is 8.24. The van der Waals surface area contributed by atoms with E-state index < -0.39 is 0 Å². The molecule has 0 radical (unpaired) electrons. The number of fused-ring (bicyclic) bond motifs is 1. The molecule has 1 aromatic carbocycles. The van der Waals surface area contributed by atoms with Gasteiger partial charge in [0.15, 0.2) is 17.5 Å². The fourth-order valence-corrected chi connectivity index (χ4v) is 4.21. The van der Waals surface area contributed by atoms with Gasteiger partial charge in [-0.05, 0) is 43.2 Å². The average molecular weight is 370 g/mol. The smallest absolute Gasteiger partial charge is 0.191 e. The summed E-state index contributed by atoms with van der Waals surface area (Å²) in [7, 11) is 1.80. The van der Waals surface area contributed by atoms with Gasteiger partial charge in [0, 0.05) is 24.9 Å². The number of ether oxygens (including phenoxy) is 2. The molecule has 2 unspecified atom stereocenters. The van der Waals surface area contributed by atoms with Gasteiger partial charge in [0.1, 0.15) is 13.2 Å². The molecule has 0 amide bonds. The van der Waals surface area contributed by atoms with Crippen molar-refractivity contribution in [2.75, 3.05) is 26.5 Å². The van der Waals surface area contributed by atoms with Crippen LogP contribution in [0.1, 0.15) is 24.8 Å². The normalized spacial score (nSPS) is 23.2.